The summed E-state index contributed by atoms with van der Waals surface area (Å²) in [6, 6.07) is 0.824. The number of nitrogens with one attached hydrogen (secondary N) is 1. The molecule has 0 aliphatic heterocycles. The zero-order valence-corrected chi connectivity index (χ0v) is 11.8. The highest BCUT2D eigenvalue weighted by Gasteiger charge is 2.58. The topological polar surface area (TPSA) is 29.9 Å². The van der Waals surface area contributed by atoms with E-state index in [1.165, 1.54) is 24.9 Å². The number of aromatic nitrogens is 2. The molecule has 1 N–H and O–H groups in total. The van der Waals surface area contributed by atoms with Crippen LogP contribution in [0.25, 0.3) is 0 Å². The summed E-state index contributed by atoms with van der Waals surface area (Å²) < 4.78 is 2.09. The van der Waals surface area contributed by atoms with Crippen molar-refractivity contribution in [2.75, 3.05) is 6.54 Å². The first kappa shape index (κ1) is 12.2. The summed E-state index contributed by atoms with van der Waals surface area (Å²) in [5.41, 5.74) is 1.89. The molecule has 0 amide bonds. The molecule has 0 spiro atoms. The molecular formula is C15H25N3. The molecule has 3 rings (SSSR count). The van der Waals surface area contributed by atoms with Crippen molar-refractivity contribution in [1.29, 1.82) is 0 Å². The molecule has 0 saturated heterocycles. The fraction of sp³-hybridized carbons (Fsp3) is 0.800. The van der Waals surface area contributed by atoms with E-state index in [1.807, 2.05) is 0 Å². The maximum absolute atomic E-state index is 4.47. The molecule has 2 atom stereocenters. The number of hydrogen-bond acceptors (Lipinski definition) is 2. The fourth-order valence-corrected chi connectivity index (χ4v) is 3.26. The van der Waals surface area contributed by atoms with E-state index in [9.17, 15) is 0 Å². The Morgan fingerprint density at radius 1 is 1.44 bits per heavy atom. The average Bonchev–Trinajstić information content (AvgIpc) is 3.17. The predicted molar refractivity (Wildman–Crippen MR) is 73.6 cm³/mol. The maximum atomic E-state index is 4.47. The minimum atomic E-state index is 0.446. The second kappa shape index (κ2) is 4.37. The molecule has 18 heavy (non-hydrogen) atoms. The van der Waals surface area contributed by atoms with Crippen molar-refractivity contribution < 1.29 is 0 Å². The smallest absolute Gasteiger partial charge is 0.0524 e. The molecule has 0 radical (unpaired) electrons. The van der Waals surface area contributed by atoms with Gasteiger partial charge in [-0.1, -0.05) is 20.8 Å². The molecule has 3 heteroatoms. The van der Waals surface area contributed by atoms with Crippen LogP contribution in [0.4, 0.5) is 0 Å². The van der Waals surface area contributed by atoms with E-state index in [2.05, 4.69) is 48.3 Å². The van der Waals surface area contributed by atoms with Gasteiger partial charge in [-0.05, 0) is 48.6 Å². The van der Waals surface area contributed by atoms with Gasteiger partial charge in [0, 0.05) is 18.8 Å². The summed E-state index contributed by atoms with van der Waals surface area (Å²) in [6.45, 7) is 9.21. The lowest BCUT2D eigenvalue weighted by Gasteiger charge is -2.03. The Bertz CT molecular complexity index is 417. The summed E-state index contributed by atoms with van der Waals surface area (Å²) in [5, 5.41) is 8.15. The van der Waals surface area contributed by atoms with Gasteiger partial charge in [0.05, 0.1) is 6.20 Å². The lowest BCUT2D eigenvalue weighted by Crippen LogP contribution is -2.20. The number of hydrogen-bond donors (Lipinski definition) is 1. The Morgan fingerprint density at radius 3 is 2.89 bits per heavy atom. The molecule has 0 bridgehead atoms. The summed E-state index contributed by atoms with van der Waals surface area (Å²) in [5.74, 6) is 1.49. The molecular weight excluding hydrogens is 222 g/mol. The van der Waals surface area contributed by atoms with Crippen LogP contribution in [-0.4, -0.2) is 22.4 Å². The van der Waals surface area contributed by atoms with E-state index in [0.717, 1.165) is 24.9 Å². The normalized spacial score (nSPS) is 29.5. The predicted octanol–water partition coefficient (Wildman–Crippen LogP) is 2.78. The molecule has 2 fully saturated rings. The van der Waals surface area contributed by atoms with E-state index in [1.54, 1.807) is 0 Å². The van der Waals surface area contributed by atoms with E-state index in [0.29, 0.717) is 11.3 Å². The minimum absolute atomic E-state index is 0.446. The maximum Gasteiger partial charge on any atom is 0.0524 e. The Kier molecular flexibility index (Phi) is 2.97. The van der Waals surface area contributed by atoms with E-state index in [-0.39, 0.29) is 0 Å². The standard InChI is InChI=1S/C15H25N3/c1-4-7-18-10-11(8-17-18)14-13(15(14,2)3)9-16-12-5-6-12/h8,10,12-14,16H,4-7,9H2,1-3H3. The van der Waals surface area contributed by atoms with Gasteiger partial charge < -0.3 is 5.32 Å². The highest BCUT2D eigenvalue weighted by Crippen LogP contribution is 2.64. The molecule has 2 aliphatic carbocycles. The molecule has 3 nitrogen and oxygen atoms in total. The Hall–Kier alpha value is -0.830. The van der Waals surface area contributed by atoms with Crippen molar-refractivity contribution in [1.82, 2.24) is 15.1 Å². The lowest BCUT2D eigenvalue weighted by molar-refractivity contribution is 0.517. The third kappa shape index (κ3) is 2.20. The number of rotatable bonds is 6. The molecule has 1 aromatic heterocycles. The quantitative estimate of drug-likeness (QED) is 0.837. The average molecular weight is 247 g/mol. The fourth-order valence-electron chi connectivity index (χ4n) is 3.26. The molecule has 2 unspecified atom stereocenters. The van der Waals surface area contributed by atoms with Crippen molar-refractivity contribution >= 4 is 0 Å². The van der Waals surface area contributed by atoms with Crippen LogP contribution in [0.5, 0.6) is 0 Å². The van der Waals surface area contributed by atoms with Crippen LogP contribution < -0.4 is 5.32 Å². The Morgan fingerprint density at radius 2 is 2.22 bits per heavy atom. The molecule has 2 saturated carbocycles. The van der Waals surface area contributed by atoms with Crippen molar-refractivity contribution in [3.8, 4) is 0 Å². The first-order valence-electron chi connectivity index (χ1n) is 7.38. The highest BCUT2D eigenvalue weighted by molar-refractivity contribution is 5.28. The zero-order valence-electron chi connectivity index (χ0n) is 11.8. The van der Waals surface area contributed by atoms with Crippen LogP contribution >= 0.6 is 0 Å². The van der Waals surface area contributed by atoms with Gasteiger partial charge in [-0.2, -0.15) is 5.10 Å². The van der Waals surface area contributed by atoms with E-state index < -0.39 is 0 Å². The molecule has 0 aromatic carbocycles. The van der Waals surface area contributed by atoms with Crippen molar-refractivity contribution in [2.45, 2.75) is 58.5 Å². The molecule has 100 valence electrons. The van der Waals surface area contributed by atoms with Gasteiger partial charge in [0.2, 0.25) is 0 Å². The van der Waals surface area contributed by atoms with Crippen molar-refractivity contribution in [3.05, 3.63) is 18.0 Å². The van der Waals surface area contributed by atoms with Gasteiger partial charge in [-0.3, -0.25) is 4.68 Å². The Labute approximate surface area is 110 Å². The van der Waals surface area contributed by atoms with Crippen LogP contribution in [0.15, 0.2) is 12.4 Å². The molecule has 1 aromatic rings. The van der Waals surface area contributed by atoms with Crippen LogP contribution in [0, 0.1) is 11.3 Å². The van der Waals surface area contributed by atoms with Gasteiger partial charge in [-0.25, -0.2) is 0 Å². The van der Waals surface area contributed by atoms with Crippen LogP contribution in [0.3, 0.4) is 0 Å². The van der Waals surface area contributed by atoms with Gasteiger partial charge >= 0.3 is 0 Å². The minimum Gasteiger partial charge on any atom is -0.314 e. The summed E-state index contributed by atoms with van der Waals surface area (Å²) in [7, 11) is 0. The van der Waals surface area contributed by atoms with E-state index in [4.69, 9.17) is 0 Å². The Balaban J connectivity index is 1.63. The first-order valence-corrected chi connectivity index (χ1v) is 7.38. The lowest BCUT2D eigenvalue weighted by atomic mass is 10.1. The highest BCUT2D eigenvalue weighted by atomic mass is 15.3. The van der Waals surface area contributed by atoms with Crippen molar-refractivity contribution in [2.24, 2.45) is 11.3 Å². The molecule has 2 aliphatic rings. The summed E-state index contributed by atoms with van der Waals surface area (Å²) >= 11 is 0. The largest absolute Gasteiger partial charge is 0.314 e. The van der Waals surface area contributed by atoms with Crippen LogP contribution in [0.1, 0.15) is 51.5 Å². The second-order valence-corrected chi connectivity index (χ2v) is 6.62. The van der Waals surface area contributed by atoms with Gasteiger partial charge in [-0.15, -0.1) is 0 Å². The summed E-state index contributed by atoms with van der Waals surface area (Å²) in [6.07, 6.45) is 8.26. The second-order valence-electron chi connectivity index (χ2n) is 6.62. The van der Waals surface area contributed by atoms with Crippen molar-refractivity contribution in [3.63, 3.8) is 0 Å². The third-order valence-electron chi connectivity index (χ3n) is 4.72. The van der Waals surface area contributed by atoms with Gasteiger partial charge in [0.25, 0.3) is 0 Å². The van der Waals surface area contributed by atoms with Gasteiger partial charge in [0.15, 0.2) is 0 Å². The van der Waals surface area contributed by atoms with Crippen LogP contribution in [-0.2, 0) is 6.54 Å². The van der Waals surface area contributed by atoms with Crippen LogP contribution in [0.2, 0.25) is 0 Å². The van der Waals surface area contributed by atoms with E-state index >= 15 is 0 Å². The molecule has 1 heterocycles. The number of nitrogens with zero attached hydrogens (tertiary/aromatic N) is 2. The number of aryl methyl sites for hydroxylation is 1. The zero-order chi connectivity index (χ0) is 12.8. The SMILES string of the molecule is CCCn1cc(C2C(CNC3CC3)C2(C)C)cn1. The first-order chi connectivity index (χ1) is 8.63. The third-order valence-corrected chi connectivity index (χ3v) is 4.72. The monoisotopic (exact) mass is 247 g/mol. The summed E-state index contributed by atoms with van der Waals surface area (Å²) in [4.78, 5) is 0. The van der Waals surface area contributed by atoms with Gasteiger partial charge in [0.1, 0.15) is 0 Å².